The van der Waals surface area contributed by atoms with Crippen LogP contribution in [-0.2, 0) is 21.2 Å². The maximum Gasteiger partial charge on any atom is 0.338 e. The summed E-state index contributed by atoms with van der Waals surface area (Å²) in [7, 11) is -3.66. The summed E-state index contributed by atoms with van der Waals surface area (Å²) in [6.45, 7) is 5.79. The number of benzene rings is 1. The number of ether oxygens (including phenoxy) is 1. The third-order valence-electron chi connectivity index (χ3n) is 5.36. The van der Waals surface area contributed by atoms with E-state index in [1.165, 1.54) is 34.9 Å². The summed E-state index contributed by atoms with van der Waals surface area (Å²) >= 11 is 0. The fraction of sp³-hybridized carbons (Fsp3) is 0.429. The van der Waals surface area contributed by atoms with Crippen LogP contribution in [0.3, 0.4) is 0 Å². The molecule has 2 aromatic heterocycles. The lowest BCUT2D eigenvalue weighted by Gasteiger charge is -2.35. The number of carbonyl (C=O) groups is 1. The van der Waals surface area contributed by atoms with Crippen LogP contribution in [0.5, 0.6) is 0 Å². The maximum absolute atomic E-state index is 13.1. The fourth-order valence-corrected chi connectivity index (χ4v) is 5.16. The molecule has 0 spiro atoms. The Kier molecular flexibility index (Phi) is 6.38. The van der Waals surface area contributed by atoms with Crippen molar-refractivity contribution in [1.29, 1.82) is 0 Å². The number of fused-ring (bicyclic) bond motifs is 1. The van der Waals surface area contributed by atoms with Gasteiger partial charge in [-0.25, -0.2) is 18.2 Å². The van der Waals surface area contributed by atoms with E-state index in [0.717, 1.165) is 24.4 Å². The molecule has 10 nitrogen and oxygen atoms in total. The lowest BCUT2D eigenvalue weighted by atomic mass is 10.2. The van der Waals surface area contributed by atoms with Gasteiger partial charge in [-0.3, -0.25) is 0 Å². The van der Waals surface area contributed by atoms with E-state index < -0.39 is 16.0 Å². The molecular formula is C21H26N6O4S. The molecule has 3 heterocycles. The van der Waals surface area contributed by atoms with Gasteiger partial charge in [0.1, 0.15) is 12.1 Å². The lowest BCUT2D eigenvalue weighted by Crippen LogP contribution is -2.49. The zero-order chi connectivity index (χ0) is 22.7. The number of aromatic nitrogens is 4. The SMILES string of the molecule is CCCc1cc(N2CCN(S(=O)(=O)c3ccc(C(=O)OCC)cc3)CC2)n2ncnc2n1. The van der Waals surface area contributed by atoms with Crippen LogP contribution in [0, 0.1) is 0 Å². The molecule has 0 unspecified atom stereocenters. The molecule has 3 aromatic rings. The van der Waals surface area contributed by atoms with Crippen molar-refractivity contribution in [3.63, 3.8) is 0 Å². The number of hydrogen-bond acceptors (Lipinski definition) is 8. The Morgan fingerprint density at radius 3 is 2.47 bits per heavy atom. The van der Waals surface area contributed by atoms with Gasteiger partial charge in [-0.1, -0.05) is 13.3 Å². The molecule has 4 rings (SSSR count). The van der Waals surface area contributed by atoms with Crippen molar-refractivity contribution < 1.29 is 17.9 Å². The largest absolute Gasteiger partial charge is 0.462 e. The van der Waals surface area contributed by atoms with E-state index in [4.69, 9.17) is 4.74 Å². The standard InChI is InChI=1S/C21H26N6O4S/c1-3-5-17-14-19(27-21(24-17)22-15-23-27)25-10-12-26(13-11-25)32(29,30)18-8-6-16(7-9-18)20(28)31-4-2/h6-9,14-15H,3-5,10-13H2,1-2H3. The van der Waals surface area contributed by atoms with Crippen molar-refractivity contribution in [3.05, 3.63) is 47.9 Å². The van der Waals surface area contributed by atoms with E-state index in [0.29, 0.717) is 37.5 Å². The average molecular weight is 459 g/mol. The van der Waals surface area contributed by atoms with Crippen molar-refractivity contribution in [1.82, 2.24) is 23.9 Å². The minimum atomic E-state index is -3.66. The molecule has 1 saturated heterocycles. The van der Waals surface area contributed by atoms with Gasteiger partial charge in [-0.15, -0.1) is 0 Å². The highest BCUT2D eigenvalue weighted by molar-refractivity contribution is 7.89. The predicted octanol–water partition coefficient (Wildman–Crippen LogP) is 1.76. The number of hydrogen-bond donors (Lipinski definition) is 0. The molecule has 0 atom stereocenters. The number of esters is 1. The Labute approximate surface area is 186 Å². The second kappa shape index (κ2) is 9.21. The van der Waals surface area contributed by atoms with E-state index in [1.807, 2.05) is 6.07 Å². The van der Waals surface area contributed by atoms with E-state index in [1.54, 1.807) is 11.4 Å². The Morgan fingerprint density at radius 1 is 1.09 bits per heavy atom. The summed E-state index contributed by atoms with van der Waals surface area (Å²) in [5.74, 6) is 0.943. The molecule has 1 aromatic carbocycles. The van der Waals surface area contributed by atoms with E-state index in [-0.39, 0.29) is 11.5 Å². The Bertz CT molecular complexity index is 1200. The summed E-state index contributed by atoms with van der Waals surface area (Å²) in [4.78, 5) is 22.8. The normalized spacial score (nSPS) is 15.2. The van der Waals surface area contributed by atoms with Crippen LogP contribution < -0.4 is 4.90 Å². The third kappa shape index (κ3) is 4.30. The van der Waals surface area contributed by atoms with Crippen LogP contribution in [0.1, 0.15) is 36.3 Å². The van der Waals surface area contributed by atoms with E-state index in [9.17, 15) is 13.2 Å². The van der Waals surface area contributed by atoms with Gasteiger partial charge in [0.15, 0.2) is 0 Å². The molecular weight excluding hydrogens is 432 g/mol. The highest BCUT2D eigenvalue weighted by Gasteiger charge is 2.29. The van der Waals surface area contributed by atoms with Crippen LogP contribution in [-0.4, -0.2) is 71.1 Å². The number of aryl methyl sites for hydroxylation is 1. The van der Waals surface area contributed by atoms with Crippen molar-refractivity contribution in [2.24, 2.45) is 0 Å². The van der Waals surface area contributed by atoms with Crippen molar-refractivity contribution in [2.75, 3.05) is 37.7 Å². The third-order valence-corrected chi connectivity index (χ3v) is 7.27. The number of anilines is 1. The topological polar surface area (TPSA) is 110 Å². The quantitative estimate of drug-likeness (QED) is 0.493. The van der Waals surface area contributed by atoms with Gasteiger partial charge in [0.05, 0.1) is 17.1 Å². The molecule has 11 heteroatoms. The lowest BCUT2D eigenvalue weighted by molar-refractivity contribution is 0.0526. The highest BCUT2D eigenvalue weighted by atomic mass is 32.2. The molecule has 1 fully saturated rings. The Morgan fingerprint density at radius 2 is 1.81 bits per heavy atom. The van der Waals surface area contributed by atoms with Crippen LogP contribution in [0.4, 0.5) is 5.82 Å². The second-order valence-electron chi connectivity index (χ2n) is 7.46. The van der Waals surface area contributed by atoms with Gasteiger partial charge < -0.3 is 9.64 Å². The summed E-state index contributed by atoms with van der Waals surface area (Å²) in [6, 6.07) is 7.87. The number of rotatable bonds is 7. The molecule has 1 aliphatic heterocycles. The molecule has 1 aliphatic rings. The summed E-state index contributed by atoms with van der Waals surface area (Å²) < 4.78 is 34.3. The zero-order valence-electron chi connectivity index (χ0n) is 18.1. The molecule has 0 saturated carbocycles. The Hall–Kier alpha value is -3.05. The number of sulfonamides is 1. The minimum absolute atomic E-state index is 0.159. The number of nitrogens with zero attached hydrogens (tertiary/aromatic N) is 6. The van der Waals surface area contributed by atoms with Crippen LogP contribution >= 0.6 is 0 Å². The van der Waals surface area contributed by atoms with Gasteiger partial charge in [-0.05, 0) is 37.6 Å². The molecule has 170 valence electrons. The first-order valence-corrected chi connectivity index (χ1v) is 12.1. The molecule has 0 radical (unpaired) electrons. The van der Waals surface area contributed by atoms with E-state index in [2.05, 4.69) is 26.9 Å². The van der Waals surface area contributed by atoms with Gasteiger partial charge in [0, 0.05) is 37.9 Å². The average Bonchev–Trinajstić information content (AvgIpc) is 3.28. The van der Waals surface area contributed by atoms with Gasteiger partial charge in [0.25, 0.3) is 5.78 Å². The van der Waals surface area contributed by atoms with Crippen molar-refractivity contribution in [3.8, 4) is 0 Å². The Balaban J connectivity index is 1.49. The molecule has 0 bridgehead atoms. The van der Waals surface area contributed by atoms with Crippen LogP contribution in [0.15, 0.2) is 41.6 Å². The van der Waals surface area contributed by atoms with Gasteiger partial charge in [0.2, 0.25) is 10.0 Å². The van der Waals surface area contributed by atoms with Crippen LogP contribution in [0.2, 0.25) is 0 Å². The first-order valence-electron chi connectivity index (χ1n) is 10.7. The smallest absolute Gasteiger partial charge is 0.338 e. The summed E-state index contributed by atoms with van der Waals surface area (Å²) in [5, 5.41) is 4.28. The molecule has 0 amide bonds. The summed E-state index contributed by atoms with van der Waals surface area (Å²) in [6.07, 6.45) is 3.28. The molecule has 32 heavy (non-hydrogen) atoms. The predicted molar refractivity (Wildman–Crippen MR) is 118 cm³/mol. The van der Waals surface area contributed by atoms with Gasteiger partial charge >= 0.3 is 5.97 Å². The molecule has 0 N–H and O–H groups in total. The van der Waals surface area contributed by atoms with Crippen LogP contribution in [0.25, 0.3) is 5.78 Å². The maximum atomic E-state index is 13.1. The minimum Gasteiger partial charge on any atom is -0.462 e. The molecule has 0 aliphatic carbocycles. The monoisotopic (exact) mass is 458 g/mol. The van der Waals surface area contributed by atoms with Crippen molar-refractivity contribution in [2.45, 2.75) is 31.6 Å². The van der Waals surface area contributed by atoms with Crippen molar-refractivity contribution >= 4 is 27.6 Å². The highest BCUT2D eigenvalue weighted by Crippen LogP contribution is 2.23. The fourth-order valence-electron chi connectivity index (χ4n) is 3.74. The van der Waals surface area contributed by atoms with E-state index >= 15 is 0 Å². The second-order valence-corrected chi connectivity index (χ2v) is 9.40. The number of piperazine rings is 1. The first kappa shape index (κ1) is 22.2. The zero-order valence-corrected chi connectivity index (χ0v) is 19.0. The first-order chi connectivity index (χ1) is 15.4. The summed E-state index contributed by atoms with van der Waals surface area (Å²) in [5.41, 5.74) is 1.27. The number of carbonyl (C=O) groups excluding carboxylic acids is 1. The van der Waals surface area contributed by atoms with Gasteiger partial charge in [-0.2, -0.15) is 18.9 Å².